The third-order valence-electron chi connectivity index (χ3n) is 2.18. The van der Waals surface area contributed by atoms with E-state index in [1.54, 1.807) is 31.4 Å². The van der Waals surface area contributed by atoms with E-state index in [4.69, 9.17) is 16.3 Å². The van der Waals surface area contributed by atoms with Gasteiger partial charge in [0.2, 0.25) is 5.78 Å². The zero-order valence-electron chi connectivity index (χ0n) is 8.87. The van der Waals surface area contributed by atoms with Crippen molar-refractivity contribution in [3.05, 3.63) is 49.6 Å². The van der Waals surface area contributed by atoms with Gasteiger partial charge in [-0.25, -0.2) is 0 Å². The smallest absolute Gasteiger partial charge is 0.206 e. The quantitative estimate of drug-likeness (QED) is 0.779. The Morgan fingerprint density at radius 3 is 2.82 bits per heavy atom. The van der Waals surface area contributed by atoms with Gasteiger partial charge in [0.25, 0.3) is 0 Å². The van der Waals surface area contributed by atoms with Crippen molar-refractivity contribution in [1.29, 1.82) is 0 Å². The molecule has 5 heteroatoms. The van der Waals surface area contributed by atoms with Crippen LogP contribution in [0.3, 0.4) is 0 Å². The Balaban J connectivity index is 2.43. The maximum absolute atomic E-state index is 12.2. The molecule has 2 rings (SSSR count). The Bertz CT molecular complexity index is 545. The molecule has 0 saturated carbocycles. The van der Waals surface area contributed by atoms with Gasteiger partial charge in [0.05, 0.1) is 7.11 Å². The molecule has 1 heterocycles. The number of rotatable bonds is 3. The van der Waals surface area contributed by atoms with Crippen LogP contribution in [-0.2, 0) is 0 Å². The fourth-order valence-electron chi connectivity index (χ4n) is 1.44. The van der Waals surface area contributed by atoms with Crippen LogP contribution in [-0.4, -0.2) is 12.9 Å². The molecule has 0 fully saturated rings. The van der Waals surface area contributed by atoms with Crippen molar-refractivity contribution in [2.45, 2.75) is 0 Å². The summed E-state index contributed by atoms with van der Waals surface area (Å²) in [6, 6.07) is 6.91. The summed E-state index contributed by atoms with van der Waals surface area (Å²) in [6.45, 7) is 0. The number of ketones is 1. The monoisotopic (exact) mass is 330 g/mol. The summed E-state index contributed by atoms with van der Waals surface area (Å²) in [6.07, 6.45) is 0. The third kappa shape index (κ3) is 2.70. The average molecular weight is 332 g/mol. The first-order valence-corrected chi connectivity index (χ1v) is 6.79. The second kappa shape index (κ2) is 5.21. The molecule has 0 N–H and O–H groups in total. The van der Waals surface area contributed by atoms with Crippen LogP contribution in [0.15, 0.2) is 34.1 Å². The predicted molar refractivity (Wildman–Crippen MR) is 73.5 cm³/mol. The van der Waals surface area contributed by atoms with E-state index in [0.717, 1.165) is 4.47 Å². The molecule has 0 saturated heterocycles. The molecule has 0 unspecified atom stereocenters. The van der Waals surface area contributed by atoms with Gasteiger partial charge in [-0.15, -0.1) is 11.3 Å². The van der Waals surface area contributed by atoms with Crippen LogP contribution < -0.4 is 4.74 Å². The van der Waals surface area contributed by atoms with Crippen molar-refractivity contribution in [2.24, 2.45) is 0 Å². The number of methoxy groups -OCH3 is 1. The summed E-state index contributed by atoms with van der Waals surface area (Å²) in [5.74, 6) is 0.510. The summed E-state index contributed by atoms with van der Waals surface area (Å²) < 4.78 is 5.91. The van der Waals surface area contributed by atoms with Gasteiger partial charge in [0.15, 0.2) is 0 Å². The van der Waals surface area contributed by atoms with E-state index in [2.05, 4.69) is 15.9 Å². The molecule has 0 atom stereocenters. The summed E-state index contributed by atoms with van der Waals surface area (Å²) in [5.41, 5.74) is 0.546. The molecule has 1 aromatic carbocycles. The van der Waals surface area contributed by atoms with Gasteiger partial charge in [0.1, 0.15) is 10.6 Å². The largest absolute Gasteiger partial charge is 0.495 e. The highest BCUT2D eigenvalue weighted by Gasteiger charge is 2.16. The van der Waals surface area contributed by atoms with E-state index in [-0.39, 0.29) is 5.78 Å². The lowest BCUT2D eigenvalue weighted by atomic mass is 10.1. The first-order valence-electron chi connectivity index (χ1n) is 4.74. The molecule has 2 nitrogen and oxygen atoms in total. The van der Waals surface area contributed by atoms with Crippen LogP contribution in [0.5, 0.6) is 5.75 Å². The van der Waals surface area contributed by atoms with Crippen molar-refractivity contribution in [3.8, 4) is 5.75 Å². The van der Waals surface area contributed by atoms with Gasteiger partial charge in [0, 0.05) is 15.1 Å². The highest BCUT2D eigenvalue weighted by atomic mass is 79.9. The molecule has 0 aliphatic carbocycles. The molecule has 0 radical (unpaired) electrons. The average Bonchev–Trinajstić information content (AvgIpc) is 2.74. The first kappa shape index (κ1) is 12.6. The van der Waals surface area contributed by atoms with E-state index in [1.807, 2.05) is 5.38 Å². The zero-order chi connectivity index (χ0) is 12.4. The fraction of sp³-hybridized carbons (Fsp3) is 0.0833. The maximum Gasteiger partial charge on any atom is 0.206 e. The van der Waals surface area contributed by atoms with Crippen molar-refractivity contribution in [1.82, 2.24) is 0 Å². The second-order valence-electron chi connectivity index (χ2n) is 3.31. The normalized spacial score (nSPS) is 10.3. The van der Waals surface area contributed by atoms with Crippen molar-refractivity contribution in [2.75, 3.05) is 7.11 Å². The van der Waals surface area contributed by atoms with E-state index in [9.17, 15) is 4.79 Å². The van der Waals surface area contributed by atoms with Crippen molar-refractivity contribution in [3.63, 3.8) is 0 Å². The second-order valence-corrected chi connectivity index (χ2v) is 5.57. The molecule has 88 valence electrons. The molecule has 17 heavy (non-hydrogen) atoms. The maximum atomic E-state index is 12.2. The number of hydrogen-bond acceptors (Lipinski definition) is 3. The van der Waals surface area contributed by atoms with Crippen molar-refractivity contribution < 1.29 is 9.53 Å². The number of halogens is 2. The third-order valence-corrected chi connectivity index (χ3v) is 3.75. The number of benzene rings is 1. The molecule has 0 aliphatic rings. The first-order chi connectivity index (χ1) is 8.11. The van der Waals surface area contributed by atoms with Gasteiger partial charge in [-0.05, 0) is 29.6 Å². The highest BCUT2D eigenvalue weighted by Crippen LogP contribution is 2.29. The standard InChI is InChI=1S/C12H8BrClO2S/c1-16-10-2-3-17-12(10)11(15)7-4-8(13)6-9(14)5-7/h2-6H,1H3. The Morgan fingerprint density at radius 1 is 1.41 bits per heavy atom. The minimum absolute atomic E-state index is 0.0833. The van der Waals surface area contributed by atoms with E-state index < -0.39 is 0 Å². The summed E-state index contributed by atoms with van der Waals surface area (Å²) >= 11 is 10.6. The van der Waals surface area contributed by atoms with Gasteiger partial charge >= 0.3 is 0 Å². The molecule has 2 aromatic rings. The van der Waals surface area contributed by atoms with E-state index in [0.29, 0.717) is 21.2 Å². The minimum Gasteiger partial charge on any atom is -0.495 e. The zero-order valence-corrected chi connectivity index (χ0v) is 12.0. The van der Waals surface area contributed by atoms with Gasteiger partial charge in [-0.1, -0.05) is 27.5 Å². The Hall–Kier alpha value is -0.840. The van der Waals surface area contributed by atoms with E-state index in [1.165, 1.54) is 11.3 Å². The number of hydrogen-bond donors (Lipinski definition) is 0. The number of thiophene rings is 1. The van der Waals surface area contributed by atoms with Gasteiger partial charge < -0.3 is 4.74 Å². The van der Waals surface area contributed by atoms with Crippen LogP contribution in [0.4, 0.5) is 0 Å². The van der Waals surface area contributed by atoms with Crippen LogP contribution in [0.25, 0.3) is 0 Å². The molecule has 0 amide bonds. The summed E-state index contributed by atoms with van der Waals surface area (Å²) in [5, 5.41) is 2.35. The fourth-order valence-corrected chi connectivity index (χ4v) is 3.12. The Labute approximate surface area is 116 Å². The lowest BCUT2D eigenvalue weighted by Gasteiger charge is -2.03. The number of ether oxygens (including phenoxy) is 1. The molecule has 0 aliphatic heterocycles. The number of carbonyl (C=O) groups is 1. The topological polar surface area (TPSA) is 26.3 Å². The molecule has 0 bridgehead atoms. The summed E-state index contributed by atoms with van der Waals surface area (Å²) in [4.78, 5) is 12.8. The SMILES string of the molecule is COc1ccsc1C(=O)c1cc(Cl)cc(Br)c1. The minimum atomic E-state index is -0.0833. The highest BCUT2D eigenvalue weighted by molar-refractivity contribution is 9.10. The summed E-state index contributed by atoms with van der Waals surface area (Å²) in [7, 11) is 1.55. The van der Waals surface area contributed by atoms with Crippen LogP contribution in [0.2, 0.25) is 5.02 Å². The lowest BCUT2D eigenvalue weighted by molar-refractivity contribution is 0.104. The van der Waals surface area contributed by atoms with Crippen LogP contribution >= 0.6 is 38.9 Å². The number of carbonyl (C=O) groups excluding carboxylic acids is 1. The molecular weight excluding hydrogens is 324 g/mol. The van der Waals surface area contributed by atoms with Gasteiger partial charge in [-0.3, -0.25) is 4.79 Å². The van der Waals surface area contributed by atoms with Crippen molar-refractivity contribution >= 4 is 44.7 Å². The van der Waals surface area contributed by atoms with Crippen LogP contribution in [0, 0.1) is 0 Å². The predicted octanol–water partition coefficient (Wildman–Crippen LogP) is 4.40. The molecule has 0 spiro atoms. The van der Waals surface area contributed by atoms with E-state index >= 15 is 0 Å². The van der Waals surface area contributed by atoms with Gasteiger partial charge in [-0.2, -0.15) is 0 Å². The molecule has 1 aromatic heterocycles. The molecular formula is C12H8BrClO2S. The lowest BCUT2D eigenvalue weighted by Crippen LogP contribution is -2.00. The van der Waals surface area contributed by atoms with Crippen LogP contribution in [0.1, 0.15) is 15.2 Å². The Morgan fingerprint density at radius 2 is 2.18 bits per heavy atom. The Kier molecular flexibility index (Phi) is 3.86.